The van der Waals surface area contributed by atoms with Crippen molar-refractivity contribution in [2.75, 3.05) is 11.9 Å². The number of allylic oxidation sites excluding steroid dienone is 1. The highest BCUT2D eigenvalue weighted by atomic mass is 35.5. The minimum Gasteiger partial charge on any atom is -0.493 e. The van der Waals surface area contributed by atoms with Gasteiger partial charge in [-0.25, -0.2) is 0 Å². The van der Waals surface area contributed by atoms with Crippen molar-refractivity contribution >= 4 is 23.2 Å². The van der Waals surface area contributed by atoms with E-state index in [9.17, 15) is 18.0 Å². The first-order valence-corrected chi connectivity index (χ1v) is 9.09. The molecule has 0 aliphatic rings. The van der Waals surface area contributed by atoms with Gasteiger partial charge in [0.25, 0.3) is 5.91 Å². The summed E-state index contributed by atoms with van der Waals surface area (Å²) in [6.45, 7) is 11.4. The lowest BCUT2D eigenvalue weighted by atomic mass is 10.1. The number of halogens is 4. The molecule has 0 aromatic heterocycles. The van der Waals surface area contributed by atoms with Crippen LogP contribution in [0.2, 0.25) is 5.02 Å². The molecule has 2 rings (SSSR count). The SMILES string of the molecule is C=CC.CC.CCOc1ccccc1C(=O)Nc1ccc(Cl)c(C(F)(F)F)c1. The smallest absolute Gasteiger partial charge is 0.417 e. The van der Waals surface area contributed by atoms with Crippen molar-refractivity contribution in [1.82, 2.24) is 0 Å². The van der Waals surface area contributed by atoms with Crippen LogP contribution in [0.4, 0.5) is 18.9 Å². The van der Waals surface area contributed by atoms with Gasteiger partial charge in [-0.2, -0.15) is 13.2 Å². The van der Waals surface area contributed by atoms with Gasteiger partial charge >= 0.3 is 6.18 Å². The van der Waals surface area contributed by atoms with E-state index in [-0.39, 0.29) is 11.3 Å². The molecule has 0 spiro atoms. The van der Waals surface area contributed by atoms with E-state index in [1.165, 1.54) is 12.1 Å². The summed E-state index contributed by atoms with van der Waals surface area (Å²) >= 11 is 5.55. The van der Waals surface area contributed by atoms with Crippen molar-refractivity contribution in [3.8, 4) is 5.75 Å². The summed E-state index contributed by atoms with van der Waals surface area (Å²) in [6, 6.07) is 9.67. The zero-order valence-electron chi connectivity index (χ0n) is 16.4. The number of hydrogen-bond donors (Lipinski definition) is 1. The number of carbonyl (C=O) groups is 1. The fraction of sp³-hybridized carbons (Fsp3) is 0.286. The molecule has 1 N–H and O–H groups in total. The molecule has 0 saturated carbocycles. The zero-order valence-corrected chi connectivity index (χ0v) is 17.1. The summed E-state index contributed by atoms with van der Waals surface area (Å²) < 4.78 is 43.8. The summed E-state index contributed by atoms with van der Waals surface area (Å²) in [6.07, 6.45) is -2.85. The number of hydrogen-bond acceptors (Lipinski definition) is 2. The number of para-hydroxylation sites is 1. The van der Waals surface area contributed by atoms with Crippen LogP contribution in [0, 0.1) is 0 Å². The highest BCUT2D eigenvalue weighted by Gasteiger charge is 2.33. The number of rotatable bonds is 4. The maximum atomic E-state index is 12.8. The van der Waals surface area contributed by atoms with Gasteiger partial charge < -0.3 is 10.1 Å². The molecule has 0 aliphatic carbocycles. The lowest BCUT2D eigenvalue weighted by Gasteiger charge is -2.13. The maximum Gasteiger partial charge on any atom is 0.417 e. The Morgan fingerprint density at radius 3 is 2.32 bits per heavy atom. The van der Waals surface area contributed by atoms with Gasteiger partial charge in [-0.05, 0) is 44.2 Å². The van der Waals surface area contributed by atoms with Gasteiger partial charge in [0.05, 0.1) is 22.8 Å². The first kappa shape index (κ1) is 25.5. The van der Waals surface area contributed by atoms with E-state index in [4.69, 9.17) is 16.3 Å². The number of nitrogens with one attached hydrogen (secondary N) is 1. The monoisotopic (exact) mass is 415 g/mol. The van der Waals surface area contributed by atoms with E-state index in [2.05, 4.69) is 11.9 Å². The molecule has 28 heavy (non-hydrogen) atoms. The maximum absolute atomic E-state index is 12.8. The number of carbonyl (C=O) groups excluding carboxylic acids is 1. The summed E-state index contributed by atoms with van der Waals surface area (Å²) in [5.41, 5.74) is -0.772. The highest BCUT2D eigenvalue weighted by molar-refractivity contribution is 6.31. The Hall–Kier alpha value is -2.47. The van der Waals surface area contributed by atoms with Crippen LogP contribution >= 0.6 is 11.6 Å². The average Bonchev–Trinajstić information content (AvgIpc) is 2.65. The highest BCUT2D eigenvalue weighted by Crippen LogP contribution is 2.36. The molecule has 0 atom stereocenters. The van der Waals surface area contributed by atoms with Crippen molar-refractivity contribution in [1.29, 1.82) is 0 Å². The first-order valence-electron chi connectivity index (χ1n) is 8.71. The van der Waals surface area contributed by atoms with E-state index in [0.717, 1.165) is 12.1 Å². The minimum atomic E-state index is -4.60. The predicted molar refractivity (Wildman–Crippen MR) is 109 cm³/mol. The van der Waals surface area contributed by atoms with Gasteiger partial charge in [0.1, 0.15) is 5.75 Å². The van der Waals surface area contributed by atoms with E-state index in [0.29, 0.717) is 12.4 Å². The van der Waals surface area contributed by atoms with Crippen LogP contribution in [0.15, 0.2) is 55.1 Å². The number of amides is 1. The van der Waals surface area contributed by atoms with Gasteiger partial charge in [0, 0.05) is 5.69 Å². The number of ether oxygens (including phenoxy) is 1. The van der Waals surface area contributed by atoms with Gasteiger partial charge in [0.15, 0.2) is 0 Å². The van der Waals surface area contributed by atoms with Crippen LogP contribution in [0.25, 0.3) is 0 Å². The normalized spacial score (nSPS) is 9.86. The van der Waals surface area contributed by atoms with Crippen LogP contribution in [0.3, 0.4) is 0 Å². The summed E-state index contributed by atoms with van der Waals surface area (Å²) in [7, 11) is 0. The molecule has 0 fully saturated rings. The fourth-order valence-electron chi connectivity index (χ4n) is 1.95. The van der Waals surface area contributed by atoms with Gasteiger partial charge in [0.2, 0.25) is 0 Å². The molecular formula is C21H25ClF3NO2. The molecule has 154 valence electrons. The van der Waals surface area contributed by atoms with Crippen molar-refractivity contribution in [2.45, 2.75) is 33.9 Å². The van der Waals surface area contributed by atoms with Crippen LogP contribution < -0.4 is 10.1 Å². The van der Waals surface area contributed by atoms with Gasteiger partial charge in [-0.1, -0.05) is 43.7 Å². The molecule has 0 saturated heterocycles. The second kappa shape index (κ2) is 12.8. The standard InChI is InChI=1S/C16H13ClF3NO2.C3H6.C2H6/c1-2-23-14-6-4-3-5-11(14)15(22)21-10-7-8-13(17)12(9-10)16(18,19)20;1-3-2;1-2/h3-9H,2H2,1H3,(H,21,22);3H,1H2,2H3;1-2H3. The zero-order chi connectivity index (χ0) is 21.7. The Morgan fingerprint density at radius 2 is 1.79 bits per heavy atom. The number of benzene rings is 2. The lowest BCUT2D eigenvalue weighted by molar-refractivity contribution is -0.137. The summed E-state index contributed by atoms with van der Waals surface area (Å²) in [4.78, 5) is 12.3. The number of alkyl halides is 3. The van der Waals surface area contributed by atoms with Crippen molar-refractivity contribution in [2.24, 2.45) is 0 Å². The fourth-order valence-corrected chi connectivity index (χ4v) is 2.18. The topological polar surface area (TPSA) is 38.3 Å². The van der Waals surface area contributed by atoms with E-state index in [1.807, 2.05) is 20.8 Å². The molecule has 0 bridgehead atoms. The lowest BCUT2D eigenvalue weighted by Crippen LogP contribution is -2.14. The van der Waals surface area contributed by atoms with E-state index < -0.39 is 22.7 Å². The summed E-state index contributed by atoms with van der Waals surface area (Å²) in [5, 5.41) is 1.99. The number of anilines is 1. The van der Waals surface area contributed by atoms with Crippen LogP contribution in [-0.4, -0.2) is 12.5 Å². The molecule has 2 aromatic carbocycles. The Kier molecular flexibility index (Phi) is 11.7. The average molecular weight is 416 g/mol. The van der Waals surface area contributed by atoms with Gasteiger partial charge in [-0.3, -0.25) is 4.79 Å². The van der Waals surface area contributed by atoms with Gasteiger partial charge in [-0.15, -0.1) is 6.58 Å². The third-order valence-corrected chi connectivity index (χ3v) is 3.29. The van der Waals surface area contributed by atoms with Crippen molar-refractivity contribution in [3.63, 3.8) is 0 Å². The molecule has 2 aromatic rings. The Morgan fingerprint density at radius 1 is 1.21 bits per heavy atom. The summed E-state index contributed by atoms with van der Waals surface area (Å²) in [5.74, 6) is -0.206. The van der Waals surface area contributed by atoms with Crippen LogP contribution in [0.5, 0.6) is 5.75 Å². The minimum absolute atomic E-state index is 0.00183. The van der Waals surface area contributed by atoms with Crippen molar-refractivity contribution in [3.05, 3.63) is 71.3 Å². The first-order chi connectivity index (χ1) is 13.2. The Balaban J connectivity index is 0.00000133. The molecule has 0 radical (unpaired) electrons. The largest absolute Gasteiger partial charge is 0.493 e. The van der Waals surface area contributed by atoms with E-state index in [1.54, 1.807) is 31.2 Å². The molecule has 0 aliphatic heterocycles. The van der Waals surface area contributed by atoms with Crippen LogP contribution in [0.1, 0.15) is 43.6 Å². The third-order valence-electron chi connectivity index (χ3n) is 2.96. The predicted octanol–water partition coefficient (Wildman–Crippen LogP) is 7.23. The van der Waals surface area contributed by atoms with E-state index >= 15 is 0 Å². The molecule has 1 amide bonds. The second-order valence-corrected chi connectivity index (χ2v) is 5.39. The molecule has 0 heterocycles. The molecular weight excluding hydrogens is 391 g/mol. The van der Waals surface area contributed by atoms with Crippen molar-refractivity contribution < 1.29 is 22.7 Å². The quantitative estimate of drug-likeness (QED) is 0.535. The molecule has 7 heteroatoms. The molecule has 0 unspecified atom stereocenters. The third kappa shape index (κ3) is 8.05. The van der Waals surface area contributed by atoms with Crippen LogP contribution in [-0.2, 0) is 6.18 Å². The Labute approximate surface area is 169 Å². The Bertz CT molecular complexity index is 762. The second-order valence-electron chi connectivity index (χ2n) is 4.98. The molecule has 3 nitrogen and oxygen atoms in total.